The minimum absolute atomic E-state index is 0.0364. The molecule has 0 amide bonds. The molecule has 2 aliphatic heterocycles. The summed E-state index contributed by atoms with van der Waals surface area (Å²) < 4.78 is 12.3. The zero-order valence-electron chi connectivity index (χ0n) is 23.8. The molecule has 208 valence electrons. The molecular formula is C32H45ClN2O3. The van der Waals surface area contributed by atoms with Crippen molar-refractivity contribution in [3.63, 3.8) is 0 Å². The zero-order valence-corrected chi connectivity index (χ0v) is 24.6. The number of rotatable bonds is 9. The number of pyridine rings is 1. The van der Waals surface area contributed by atoms with Crippen molar-refractivity contribution in [1.82, 2.24) is 4.98 Å². The lowest BCUT2D eigenvalue weighted by atomic mass is 9.80. The number of ether oxygens (including phenoxy) is 2. The number of nitrogens with zero attached hydrogens (tertiary/aromatic N) is 2. The van der Waals surface area contributed by atoms with Gasteiger partial charge in [-0.3, -0.25) is 9.78 Å². The number of allylic oxidation sites excluding steroid dienone is 4. The molecule has 2 fully saturated rings. The quantitative estimate of drug-likeness (QED) is 0.235. The third kappa shape index (κ3) is 6.78. The Labute approximate surface area is 234 Å². The Morgan fingerprint density at radius 1 is 1.34 bits per heavy atom. The second-order valence-corrected chi connectivity index (χ2v) is 12.6. The van der Waals surface area contributed by atoms with Crippen LogP contribution in [0.1, 0.15) is 90.1 Å². The molecule has 4 unspecified atom stereocenters. The van der Waals surface area contributed by atoms with Crippen LogP contribution >= 0.6 is 11.6 Å². The second kappa shape index (κ2) is 12.5. The van der Waals surface area contributed by atoms with Crippen molar-refractivity contribution >= 4 is 23.1 Å². The zero-order chi connectivity index (χ0) is 27.4. The topological polar surface area (TPSA) is 51.7 Å². The number of hydrogen-bond donors (Lipinski definition) is 0. The number of carbonyl (C=O) groups excluding carboxylic acids is 1. The third-order valence-corrected chi connectivity index (χ3v) is 8.73. The van der Waals surface area contributed by atoms with Gasteiger partial charge in [0, 0.05) is 41.8 Å². The molecule has 1 aromatic heterocycles. The molecule has 0 spiro atoms. The minimum Gasteiger partial charge on any atom is -0.377 e. The first kappa shape index (κ1) is 29.0. The number of piperidine rings is 1. The van der Waals surface area contributed by atoms with Gasteiger partial charge in [0.25, 0.3) is 0 Å². The highest BCUT2D eigenvalue weighted by Crippen LogP contribution is 2.40. The molecule has 4 rings (SSSR count). The van der Waals surface area contributed by atoms with E-state index in [9.17, 15) is 4.79 Å². The molecule has 4 atom stereocenters. The van der Waals surface area contributed by atoms with Gasteiger partial charge < -0.3 is 14.4 Å². The SMILES string of the molecule is C=C1C(C(C)C)C(OCCCC2=C(Cl)CCC=C2)CC(C)N1c1ccc(C(=O)C2CCOC(C)(C)C2)nc1. The Balaban J connectivity index is 1.39. The summed E-state index contributed by atoms with van der Waals surface area (Å²) in [6.45, 7) is 16.7. The fourth-order valence-electron chi connectivity index (χ4n) is 6.39. The Morgan fingerprint density at radius 2 is 2.13 bits per heavy atom. The van der Waals surface area contributed by atoms with Crippen LogP contribution in [0.3, 0.4) is 0 Å². The van der Waals surface area contributed by atoms with E-state index in [0.29, 0.717) is 18.2 Å². The van der Waals surface area contributed by atoms with Crippen LogP contribution in [-0.4, -0.2) is 41.7 Å². The van der Waals surface area contributed by atoms with E-state index in [1.165, 1.54) is 5.57 Å². The van der Waals surface area contributed by atoms with Crippen molar-refractivity contribution < 1.29 is 14.3 Å². The van der Waals surface area contributed by atoms with Crippen molar-refractivity contribution in [2.24, 2.45) is 17.8 Å². The van der Waals surface area contributed by atoms with Crippen molar-refractivity contribution in [3.05, 3.63) is 59.1 Å². The summed E-state index contributed by atoms with van der Waals surface area (Å²) >= 11 is 6.41. The fourth-order valence-corrected chi connectivity index (χ4v) is 6.66. The van der Waals surface area contributed by atoms with Gasteiger partial charge >= 0.3 is 0 Å². The van der Waals surface area contributed by atoms with Crippen LogP contribution < -0.4 is 4.90 Å². The van der Waals surface area contributed by atoms with E-state index in [1.807, 2.05) is 18.3 Å². The van der Waals surface area contributed by atoms with Crippen LogP contribution in [0.15, 0.2) is 53.4 Å². The van der Waals surface area contributed by atoms with E-state index < -0.39 is 0 Å². The van der Waals surface area contributed by atoms with Gasteiger partial charge in [-0.05, 0) is 89.3 Å². The van der Waals surface area contributed by atoms with Gasteiger partial charge in [0.05, 0.1) is 23.6 Å². The molecule has 3 aliphatic rings. The van der Waals surface area contributed by atoms with E-state index in [-0.39, 0.29) is 35.4 Å². The maximum Gasteiger partial charge on any atom is 0.184 e. The maximum absolute atomic E-state index is 13.2. The monoisotopic (exact) mass is 540 g/mol. The average Bonchev–Trinajstić information content (AvgIpc) is 2.86. The first-order valence-corrected chi connectivity index (χ1v) is 14.7. The van der Waals surface area contributed by atoms with Crippen LogP contribution in [-0.2, 0) is 9.47 Å². The Morgan fingerprint density at radius 3 is 2.79 bits per heavy atom. The number of Topliss-reactive ketones (excluding diaryl/α,β-unsaturated/α-hetero) is 1. The lowest BCUT2D eigenvalue weighted by molar-refractivity contribution is -0.0665. The molecular weight excluding hydrogens is 496 g/mol. The summed E-state index contributed by atoms with van der Waals surface area (Å²) in [4.78, 5) is 20.1. The fraction of sp³-hybridized carbons (Fsp3) is 0.625. The summed E-state index contributed by atoms with van der Waals surface area (Å²) in [5.41, 5.74) is 3.58. The summed E-state index contributed by atoms with van der Waals surface area (Å²) in [5.74, 6) is 0.694. The average molecular weight is 541 g/mol. The van der Waals surface area contributed by atoms with E-state index in [0.717, 1.165) is 68.0 Å². The number of halogens is 1. The highest BCUT2D eigenvalue weighted by Gasteiger charge is 2.39. The normalized spacial score (nSPS) is 27.8. The molecule has 1 aromatic rings. The summed E-state index contributed by atoms with van der Waals surface area (Å²) in [6, 6.07) is 4.13. The largest absolute Gasteiger partial charge is 0.377 e. The standard InChI is InChI=1S/C32H45ClN2O3/c1-21(2)30-23(4)35(22(3)18-29(30)37-16-9-11-24-10-7-8-12-27(24)33)26-13-14-28(34-20-26)31(36)25-15-17-38-32(5,6)19-25/h7,10,13-14,20-22,25,29-30H,4,8-9,11-12,15-19H2,1-3,5-6H3. The third-order valence-electron chi connectivity index (χ3n) is 8.29. The number of anilines is 1. The van der Waals surface area contributed by atoms with E-state index >= 15 is 0 Å². The van der Waals surface area contributed by atoms with Crippen LogP contribution in [0.5, 0.6) is 0 Å². The smallest absolute Gasteiger partial charge is 0.184 e. The van der Waals surface area contributed by atoms with Crippen LogP contribution in [0.25, 0.3) is 0 Å². The summed E-state index contributed by atoms with van der Waals surface area (Å²) in [6.07, 6.45) is 12.7. The lowest BCUT2D eigenvalue weighted by Crippen LogP contribution is -2.49. The minimum atomic E-state index is -0.263. The Hall–Kier alpha value is -1.95. The van der Waals surface area contributed by atoms with E-state index in [2.05, 4.69) is 63.2 Å². The van der Waals surface area contributed by atoms with E-state index in [4.69, 9.17) is 21.1 Å². The first-order valence-electron chi connectivity index (χ1n) is 14.4. The summed E-state index contributed by atoms with van der Waals surface area (Å²) in [7, 11) is 0. The van der Waals surface area contributed by atoms with Crippen molar-refractivity contribution in [1.29, 1.82) is 0 Å². The highest BCUT2D eigenvalue weighted by atomic mass is 35.5. The number of ketones is 1. The second-order valence-electron chi connectivity index (χ2n) is 12.2. The van der Waals surface area contributed by atoms with Crippen molar-refractivity contribution in [3.8, 4) is 0 Å². The van der Waals surface area contributed by atoms with Crippen LogP contribution in [0, 0.1) is 17.8 Å². The first-order chi connectivity index (χ1) is 18.1. The van der Waals surface area contributed by atoms with Crippen LogP contribution in [0.4, 0.5) is 5.69 Å². The van der Waals surface area contributed by atoms with Crippen molar-refractivity contribution in [2.45, 2.75) is 97.3 Å². The van der Waals surface area contributed by atoms with Gasteiger partial charge in [-0.25, -0.2) is 0 Å². The molecule has 0 radical (unpaired) electrons. The molecule has 2 saturated heterocycles. The predicted octanol–water partition coefficient (Wildman–Crippen LogP) is 7.86. The molecule has 3 heterocycles. The number of aromatic nitrogens is 1. The molecule has 0 aromatic carbocycles. The molecule has 0 bridgehead atoms. The number of hydrogen-bond acceptors (Lipinski definition) is 5. The van der Waals surface area contributed by atoms with Gasteiger partial charge in [0.2, 0.25) is 0 Å². The summed E-state index contributed by atoms with van der Waals surface area (Å²) in [5, 5.41) is 1.00. The van der Waals surface area contributed by atoms with Gasteiger partial charge in [0.15, 0.2) is 5.78 Å². The van der Waals surface area contributed by atoms with Gasteiger partial charge in [-0.2, -0.15) is 0 Å². The lowest BCUT2D eigenvalue weighted by Gasteiger charge is -2.47. The molecule has 6 heteroatoms. The molecule has 0 saturated carbocycles. The molecule has 0 N–H and O–H groups in total. The maximum atomic E-state index is 13.2. The molecule has 5 nitrogen and oxygen atoms in total. The van der Waals surface area contributed by atoms with Gasteiger partial charge in [0.1, 0.15) is 5.69 Å². The van der Waals surface area contributed by atoms with Gasteiger partial charge in [-0.1, -0.05) is 44.2 Å². The highest BCUT2D eigenvalue weighted by molar-refractivity contribution is 6.30. The number of carbonyl (C=O) groups is 1. The van der Waals surface area contributed by atoms with Crippen LogP contribution in [0.2, 0.25) is 0 Å². The molecule has 1 aliphatic carbocycles. The van der Waals surface area contributed by atoms with Crippen molar-refractivity contribution in [2.75, 3.05) is 18.1 Å². The Bertz CT molecular complexity index is 1060. The van der Waals surface area contributed by atoms with Gasteiger partial charge in [-0.15, -0.1) is 0 Å². The predicted molar refractivity (Wildman–Crippen MR) is 156 cm³/mol. The Kier molecular flexibility index (Phi) is 9.54. The van der Waals surface area contributed by atoms with E-state index in [1.54, 1.807) is 0 Å². The molecule has 38 heavy (non-hydrogen) atoms.